The maximum absolute atomic E-state index is 12.1. The highest BCUT2D eigenvalue weighted by Crippen LogP contribution is 2.14. The van der Waals surface area contributed by atoms with Crippen LogP contribution in [-0.4, -0.2) is 53.9 Å². The summed E-state index contributed by atoms with van der Waals surface area (Å²) >= 11 is 0. The van der Waals surface area contributed by atoms with Gasteiger partial charge in [-0.25, -0.2) is 4.98 Å². The minimum absolute atomic E-state index is 0.235. The third kappa shape index (κ3) is 3.93. The van der Waals surface area contributed by atoms with E-state index in [9.17, 15) is 4.79 Å². The molecule has 0 aromatic carbocycles. The van der Waals surface area contributed by atoms with Gasteiger partial charge in [0.2, 0.25) is 5.91 Å². The van der Waals surface area contributed by atoms with E-state index in [4.69, 9.17) is 0 Å². The van der Waals surface area contributed by atoms with Gasteiger partial charge in [-0.15, -0.1) is 0 Å². The number of aromatic nitrogens is 1. The summed E-state index contributed by atoms with van der Waals surface area (Å²) in [5.74, 6) is 1.15. The summed E-state index contributed by atoms with van der Waals surface area (Å²) in [5, 5.41) is 3.26. The fourth-order valence-corrected chi connectivity index (χ4v) is 2.54. The standard InChI is InChI=1S/C15H24N4O/c1-3-16-15-13(7-6-8-17-15)11-18(2)12-14(20)19-9-4-5-10-19/h6-8H,3-5,9-12H2,1-2H3,(H,16,17). The predicted molar refractivity (Wildman–Crippen MR) is 80.5 cm³/mol. The van der Waals surface area contributed by atoms with Crippen molar-refractivity contribution >= 4 is 11.7 Å². The molecule has 0 radical (unpaired) electrons. The molecule has 1 fully saturated rings. The number of carbonyl (C=O) groups excluding carboxylic acids is 1. The molecule has 2 rings (SSSR count). The van der Waals surface area contributed by atoms with Gasteiger partial charge in [0.15, 0.2) is 0 Å². The zero-order valence-corrected chi connectivity index (χ0v) is 12.4. The zero-order valence-electron chi connectivity index (χ0n) is 12.4. The van der Waals surface area contributed by atoms with Crippen LogP contribution in [-0.2, 0) is 11.3 Å². The SMILES string of the molecule is CCNc1ncccc1CN(C)CC(=O)N1CCCC1. The van der Waals surface area contributed by atoms with Crippen molar-refractivity contribution in [3.8, 4) is 0 Å². The van der Waals surface area contributed by atoms with Crippen molar-refractivity contribution < 1.29 is 4.79 Å². The summed E-state index contributed by atoms with van der Waals surface area (Å²) < 4.78 is 0. The number of likely N-dealkylation sites (N-methyl/N-ethyl adjacent to an activating group) is 1. The summed E-state index contributed by atoms with van der Waals surface area (Å²) in [5.41, 5.74) is 1.13. The Hall–Kier alpha value is -1.62. The summed E-state index contributed by atoms with van der Waals surface area (Å²) in [6, 6.07) is 3.99. The Morgan fingerprint density at radius 3 is 2.90 bits per heavy atom. The van der Waals surface area contributed by atoms with Crippen molar-refractivity contribution in [1.82, 2.24) is 14.8 Å². The molecule has 0 aliphatic carbocycles. The number of rotatable bonds is 6. The van der Waals surface area contributed by atoms with E-state index in [2.05, 4.69) is 28.2 Å². The van der Waals surface area contributed by atoms with Crippen LogP contribution < -0.4 is 5.32 Å². The van der Waals surface area contributed by atoms with Gasteiger partial charge in [0.25, 0.3) is 0 Å². The number of likely N-dealkylation sites (tertiary alicyclic amines) is 1. The first kappa shape index (κ1) is 14.8. The van der Waals surface area contributed by atoms with E-state index in [0.29, 0.717) is 6.54 Å². The first-order valence-electron chi connectivity index (χ1n) is 7.34. The molecule has 0 unspecified atom stereocenters. The minimum Gasteiger partial charge on any atom is -0.370 e. The van der Waals surface area contributed by atoms with Gasteiger partial charge in [0.05, 0.1) is 6.54 Å². The van der Waals surface area contributed by atoms with Gasteiger partial charge in [0.1, 0.15) is 5.82 Å². The summed E-state index contributed by atoms with van der Waals surface area (Å²) in [4.78, 5) is 20.5. The molecular weight excluding hydrogens is 252 g/mol. The fraction of sp³-hybridized carbons (Fsp3) is 0.600. The third-order valence-corrected chi connectivity index (χ3v) is 3.54. The summed E-state index contributed by atoms with van der Waals surface area (Å²) in [6.07, 6.45) is 4.07. The Morgan fingerprint density at radius 2 is 2.20 bits per heavy atom. The number of amides is 1. The van der Waals surface area contributed by atoms with Crippen LogP contribution in [0.5, 0.6) is 0 Å². The molecule has 1 aromatic rings. The molecule has 1 saturated heterocycles. The predicted octanol–water partition coefficient (Wildman–Crippen LogP) is 1.57. The molecule has 1 N–H and O–H groups in total. The second-order valence-corrected chi connectivity index (χ2v) is 5.30. The Balaban J connectivity index is 1.90. The minimum atomic E-state index is 0.235. The largest absolute Gasteiger partial charge is 0.370 e. The molecule has 110 valence electrons. The van der Waals surface area contributed by atoms with Gasteiger partial charge in [-0.05, 0) is 32.9 Å². The lowest BCUT2D eigenvalue weighted by Gasteiger charge is -2.22. The maximum Gasteiger partial charge on any atom is 0.236 e. The van der Waals surface area contributed by atoms with Crippen LogP contribution in [0.15, 0.2) is 18.3 Å². The normalized spacial score (nSPS) is 14.8. The van der Waals surface area contributed by atoms with E-state index >= 15 is 0 Å². The molecule has 1 amide bonds. The summed E-state index contributed by atoms with van der Waals surface area (Å²) in [7, 11) is 1.98. The van der Waals surface area contributed by atoms with Gasteiger partial charge in [-0.1, -0.05) is 6.07 Å². The van der Waals surface area contributed by atoms with Gasteiger partial charge in [-0.3, -0.25) is 9.69 Å². The Bertz CT molecular complexity index is 443. The molecule has 0 spiro atoms. The second-order valence-electron chi connectivity index (χ2n) is 5.30. The number of nitrogens with one attached hydrogen (secondary N) is 1. The molecular formula is C15H24N4O. The molecule has 0 saturated carbocycles. The number of anilines is 1. The van der Waals surface area contributed by atoms with Gasteiger partial charge >= 0.3 is 0 Å². The number of pyridine rings is 1. The highest BCUT2D eigenvalue weighted by molar-refractivity contribution is 5.78. The molecule has 1 aliphatic heterocycles. The van der Waals surface area contributed by atoms with Crippen molar-refractivity contribution in [2.75, 3.05) is 38.5 Å². The topological polar surface area (TPSA) is 48.5 Å². The van der Waals surface area contributed by atoms with Crippen LogP contribution in [0.2, 0.25) is 0 Å². The molecule has 5 heteroatoms. The van der Waals surface area contributed by atoms with Crippen LogP contribution in [0, 0.1) is 0 Å². The Morgan fingerprint density at radius 1 is 1.45 bits per heavy atom. The zero-order chi connectivity index (χ0) is 14.4. The van der Waals surface area contributed by atoms with E-state index in [1.165, 1.54) is 0 Å². The van der Waals surface area contributed by atoms with Crippen LogP contribution in [0.25, 0.3) is 0 Å². The van der Waals surface area contributed by atoms with Crippen LogP contribution in [0.3, 0.4) is 0 Å². The average molecular weight is 276 g/mol. The van der Waals surface area contributed by atoms with Crippen molar-refractivity contribution in [3.05, 3.63) is 23.9 Å². The van der Waals surface area contributed by atoms with Crippen LogP contribution in [0.1, 0.15) is 25.3 Å². The molecule has 0 bridgehead atoms. The van der Waals surface area contributed by atoms with E-state index in [0.717, 1.165) is 50.4 Å². The molecule has 20 heavy (non-hydrogen) atoms. The van der Waals surface area contributed by atoms with E-state index in [1.54, 1.807) is 6.20 Å². The molecule has 1 aliphatic rings. The monoisotopic (exact) mass is 276 g/mol. The lowest BCUT2D eigenvalue weighted by Crippen LogP contribution is -2.37. The smallest absolute Gasteiger partial charge is 0.236 e. The van der Waals surface area contributed by atoms with Crippen LogP contribution in [0.4, 0.5) is 5.82 Å². The quantitative estimate of drug-likeness (QED) is 0.857. The molecule has 2 heterocycles. The average Bonchev–Trinajstić information content (AvgIpc) is 2.95. The third-order valence-electron chi connectivity index (χ3n) is 3.54. The van der Waals surface area contributed by atoms with Crippen molar-refractivity contribution in [2.24, 2.45) is 0 Å². The first-order chi connectivity index (χ1) is 9.70. The lowest BCUT2D eigenvalue weighted by molar-refractivity contribution is -0.131. The number of hydrogen-bond acceptors (Lipinski definition) is 4. The van der Waals surface area contributed by atoms with E-state index in [1.807, 2.05) is 18.0 Å². The highest BCUT2D eigenvalue weighted by Gasteiger charge is 2.19. The maximum atomic E-state index is 12.1. The Labute approximate surface area is 121 Å². The van der Waals surface area contributed by atoms with Crippen molar-refractivity contribution in [1.29, 1.82) is 0 Å². The van der Waals surface area contributed by atoms with Gasteiger partial charge in [0, 0.05) is 37.9 Å². The Kier molecular flexibility index (Phi) is 5.35. The molecule has 0 atom stereocenters. The second kappa shape index (κ2) is 7.24. The number of carbonyl (C=O) groups is 1. The highest BCUT2D eigenvalue weighted by atomic mass is 16.2. The molecule has 1 aromatic heterocycles. The number of nitrogens with zero attached hydrogens (tertiary/aromatic N) is 3. The van der Waals surface area contributed by atoms with Crippen LogP contribution >= 0.6 is 0 Å². The van der Waals surface area contributed by atoms with Crippen molar-refractivity contribution in [3.63, 3.8) is 0 Å². The fourth-order valence-electron chi connectivity index (χ4n) is 2.54. The molecule has 5 nitrogen and oxygen atoms in total. The van der Waals surface area contributed by atoms with Gasteiger partial charge < -0.3 is 10.2 Å². The van der Waals surface area contributed by atoms with Gasteiger partial charge in [-0.2, -0.15) is 0 Å². The first-order valence-corrected chi connectivity index (χ1v) is 7.34. The van der Waals surface area contributed by atoms with E-state index < -0.39 is 0 Å². The lowest BCUT2D eigenvalue weighted by atomic mass is 10.2. The van der Waals surface area contributed by atoms with E-state index in [-0.39, 0.29) is 5.91 Å². The summed E-state index contributed by atoms with van der Waals surface area (Å²) in [6.45, 7) is 5.94. The van der Waals surface area contributed by atoms with Crippen molar-refractivity contribution in [2.45, 2.75) is 26.3 Å². The number of hydrogen-bond donors (Lipinski definition) is 1.